The molecule has 0 aliphatic carbocycles. The number of fused-ring (bicyclic) bond motifs is 1. The van der Waals surface area contributed by atoms with Crippen LogP contribution in [0.5, 0.6) is 0 Å². The van der Waals surface area contributed by atoms with Crippen LogP contribution in [-0.4, -0.2) is 4.98 Å². The Hall–Kier alpha value is -1.82. The summed E-state index contributed by atoms with van der Waals surface area (Å²) in [6.07, 6.45) is -4.49. The Kier molecular flexibility index (Phi) is 2.90. The van der Waals surface area contributed by atoms with Gasteiger partial charge in [0.25, 0.3) is 0 Å². The second-order valence-electron chi connectivity index (χ2n) is 4.12. The van der Waals surface area contributed by atoms with Crippen LogP contribution in [0.2, 0.25) is 0 Å². The third kappa shape index (κ3) is 1.99. The third-order valence-corrected chi connectivity index (χ3v) is 2.80. The fourth-order valence-electron chi connectivity index (χ4n) is 1.93. The molecule has 2 rings (SSSR count). The van der Waals surface area contributed by atoms with Crippen molar-refractivity contribution in [3.8, 4) is 0 Å². The van der Waals surface area contributed by atoms with Crippen molar-refractivity contribution in [3.63, 3.8) is 0 Å². The number of aromatic nitrogens is 1. The zero-order valence-corrected chi connectivity index (χ0v) is 9.89. The van der Waals surface area contributed by atoms with E-state index in [4.69, 9.17) is 5.84 Å². The van der Waals surface area contributed by atoms with E-state index in [-0.39, 0.29) is 16.8 Å². The maximum atomic E-state index is 12.8. The summed E-state index contributed by atoms with van der Waals surface area (Å²) < 4.78 is 38.5. The molecule has 1 aromatic heterocycles. The predicted octanol–water partition coefficient (Wildman–Crippen LogP) is 3.16. The minimum absolute atomic E-state index is 0.00287. The van der Waals surface area contributed by atoms with Gasteiger partial charge in [0.15, 0.2) is 0 Å². The van der Waals surface area contributed by atoms with Gasteiger partial charge in [-0.15, -0.1) is 0 Å². The molecular formula is C12H12F3N3. The van der Waals surface area contributed by atoms with E-state index in [9.17, 15) is 13.2 Å². The number of alkyl halides is 3. The monoisotopic (exact) mass is 255 g/mol. The van der Waals surface area contributed by atoms with E-state index >= 15 is 0 Å². The molecule has 0 aliphatic heterocycles. The molecule has 3 nitrogen and oxygen atoms in total. The first-order valence-electron chi connectivity index (χ1n) is 5.29. The summed E-state index contributed by atoms with van der Waals surface area (Å²) in [5.41, 5.74) is 2.89. The van der Waals surface area contributed by atoms with Gasteiger partial charge in [-0.05, 0) is 26.0 Å². The molecule has 3 N–H and O–H groups in total. The van der Waals surface area contributed by atoms with E-state index in [0.717, 1.165) is 5.56 Å². The molecule has 0 unspecified atom stereocenters. The van der Waals surface area contributed by atoms with Gasteiger partial charge in [0, 0.05) is 10.9 Å². The lowest BCUT2D eigenvalue weighted by Gasteiger charge is -2.15. The van der Waals surface area contributed by atoms with Crippen LogP contribution in [-0.2, 0) is 6.18 Å². The molecule has 18 heavy (non-hydrogen) atoms. The summed E-state index contributed by atoms with van der Waals surface area (Å²) in [5.74, 6) is 5.33. The fourth-order valence-corrected chi connectivity index (χ4v) is 1.93. The normalized spacial score (nSPS) is 11.9. The largest absolute Gasteiger partial charge is 0.433 e. The lowest BCUT2D eigenvalue weighted by Crippen LogP contribution is -2.16. The smallest absolute Gasteiger partial charge is 0.323 e. The van der Waals surface area contributed by atoms with Crippen molar-refractivity contribution >= 4 is 16.6 Å². The molecular weight excluding hydrogens is 243 g/mol. The Morgan fingerprint density at radius 2 is 1.89 bits per heavy atom. The van der Waals surface area contributed by atoms with E-state index in [1.807, 2.05) is 6.92 Å². The molecule has 96 valence electrons. The summed E-state index contributed by atoms with van der Waals surface area (Å²) in [4.78, 5) is 3.68. The summed E-state index contributed by atoms with van der Waals surface area (Å²) >= 11 is 0. The number of aryl methyl sites for hydroxylation is 1. The lowest BCUT2D eigenvalue weighted by molar-refractivity contribution is -0.141. The van der Waals surface area contributed by atoms with Crippen LogP contribution in [0.1, 0.15) is 16.8 Å². The highest BCUT2D eigenvalue weighted by Crippen LogP contribution is 2.36. The van der Waals surface area contributed by atoms with Gasteiger partial charge in [-0.2, -0.15) is 13.2 Å². The number of halogens is 3. The summed E-state index contributed by atoms with van der Waals surface area (Å²) in [5, 5.41) is 0.586. The van der Waals surface area contributed by atoms with Crippen molar-refractivity contribution in [2.75, 3.05) is 5.43 Å². The highest BCUT2D eigenvalue weighted by molar-refractivity contribution is 5.93. The van der Waals surface area contributed by atoms with Crippen LogP contribution < -0.4 is 11.3 Å². The summed E-state index contributed by atoms with van der Waals surface area (Å²) in [6, 6.07) is 5.02. The Balaban J connectivity index is 2.87. The first-order chi connectivity index (χ1) is 8.34. The SMILES string of the molecule is Cc1ccc2nc(C(F)(F)F)c(C)c(NN)c2c1. The molecule has 0 amide bonds. The van der Waals surface area contributed by atoms with Gasteiger partial charge >= 0.3 is 6.18 Å². The van der Waals surface area contributed by atoms with Crippen molar-refractivity contribution in [2.45, 2.75) is 20.0 Å². The summed E-state index contributed by atoms with van der Waals surface area (Å²) in [7, 11) is 0. The van der Waals surface area contributed by atoms with Crippen molar-refractivity contribution in [1.82, 2.24) is 4.98 Å². The van der Waals surface area contributed by atoms with Crippen LogP contribution in [0.4, 0.5) is 18.9 Å². The number of nitrogen functional groups attached to an aromatic ring is 1. The molecule has 0 aliphatic rings. The third-order valence-electron chi connectivity index (χ3n) is 2.80. The van der Waals surface area contributed by atoms with Crippen molar-refractivity contribution in [3.05, 3.63) is 35.0 Å². The molecule has 0 fully saturated rings. The molecule has 0 saturated heterocycles. The van der Waals surface area contributed by atoms with E-state index in [1.54, 1.807) is 18.2 Å². The minimum Gasteiger partial charge on any atom is -0.323 e. The van der Waals surface area contributed by atoms with Gasteiger partial charge in [0.2, 0.25) is 0 Å². The van der Waals surface area contributed by atoms with Gasteiger partial charge in [0.1, 0.15) is 5.69 Å². The number of hydrogen-bond acceptors (Lipinski definition) is 3. The van der Waals surface area contributed by atoms with E-state index in [2.05, 4.69) is 10.4 Å². The molecule has 1 heterocycles. The van der Waals surface area contributed by atoms with Crippen LogP contribution >= 0.6 is 0 Å². The highest BCUT2D eigenvalue weighted by Gasteiger charge is 2.35. The second-order valence-corrected chi connectivity index (χ2v) is 4.12. The number of anilines is 1. The second kappa shape index (κ2) is 4.13. The Labute approximate surface area is 102 Å². The number of nitrogens with two attached hydrogens (primary N) is 1. The predicted molar refractivity (Wildman–Crippen MR) is 64.0 cm³/mol. The molecule has 0 radical (unpaired) electrons. The van der Waals surface area contributed by atoms with Crippen molar-refractivity contribution in [2.24, 2.45) is 5.84 Å². The zero-order valence-electron chi connectivity index (χ0n) is 9.89. The minimum atomic E-state index is -4.49. The molecule has 0 spiro atoms. The maximum absolute atomic E-state index is 12.8. The molecule has 2 aromatic rings. The first kappa shape index (κ1) is 12.6. The highest BCUT2D eigenvalue weighted by atomic mass is 19.4. The van der Waals surface area contributed by atoms with Gasteiger partial charge < -0.3 is 5.43 Å². The topological polar surface area (TPSA) is 50.9 Å². The van der Waals surface area contributed by atoms with E-state index < -0.39 is 11.9 Å². The average Bonchev–Trinajstić information content (AvgIpc) is 2.26. The van der Waals surface area contributed by atoms with Crippen LogP contribution in [0.3, 0.4) is 0 Å². The van der Waals surface area contributed by atoms with Gasteiger partial charge in [0.05, 0.1) is 11.2 Å². The van der Waals surface area contributed by atoms with E-state index in [0.29, 0.717) is 5.39 Å². The molecule has 0 bridgehead atoms. The van der Waals surface area contributed by atoms with Crippen LogP contribution in [0.15, 0.2) is 18.2 Å². The summed E-state index contributed by atoms with van der Waals surface area (Å²) in [6.45, 7) is 3.21. The van der Waals surface area contributed by atoms with Gasteiger partial charge in [-0.25, -0.2) is 4.98 Å². The number of pyridine rings is 1. The standard InChI is InChI=1S/C12H12F3N3/c1-6-3-4-9-8(5-6)10(18-16)7(2)11(17-9)12(13,14)15/h3-5H,16H2,1-2H3,(H,17,18). The molecule has 6 heteroatoms. The van der Waals surface area contributed by atoms with Crippen molar-refractivity contribution in [1.29, 1.82) is 0 Å². The van der Waals surface area contributed by atoms with Crippen molar-refractivity contribution < 1.29 is 13.2 Å². The number of nitrogens with zero attached hydrogens (tertiary/aromatic N) is 1. The zero-order chi connectivity index (χ0) is 13.5. The maximum Gasteiger partial charge on any atom is 0.433 e. The number of rotatable bonds is 1. The quantitative estimate of drug-likeness (QED) is 0.608. The van der Waals surface area contributed by atoms with Crippen LogP contribution in [0.25, 0.3) is 10.9 Å². The number of hydrazine groups is 1. The molecule has 0 atom stereocenters. The number of nitrogens with one attached hydrogen (secondary N) is 1. The molecule has 0 saturated carbocycles. The number of benzene rings is 1. The Morgan fingerprint density at radius 1 is 1.22 bits per heavy atom. The van der Waals surface area contributed by atoms with E-state index in [1.165, 1.54) is 6.92 Å². The lowest BCUT2D eigenvalue weighted by atomic mass is 10.0. The van der Waals surface area contributed by atoms with Gasteiger partial charge in [-0.3, -0.25) is 5.84 Å². The first-order valence-corrected chi connectivity index (χ1v) is 5.29. The Morgan fingerprint density at radius 3 is 2.44 bits per heavy atom. The molecule has 1 aromatic carbocycles. The average molecular weight is 255 g/mol. The van der Waals surface area contributed by atoms with Gasteiger partial charge in [-0.1, -0.05) is 11.6 Å². The fraction of sp³-hybridized carbons (Fsp3) is 0.250. The Bertz CT molecular complexity index is 606. The van der Waals surface area contributed by atoms with Crippen LogP contribution in [0, 0.1) is 13.8 Å². The number of hydrogen-bond donors (Lipinski definition) is 2.